The first kappa shape index (κ1) is 25.8. The first-order valence-electron chi connectivity index (χ1n) is 11.9. The first-order valence-corrected chi connectivity index (χ1v) is 13.9. The Kier molecular flexibility index (Phi) is 8.37. The number of rotatable bonds is 9. The lowest BCUT2D eigenvalue weighted by Gasteiger charge is -2.32. The van der Waals surface area contributed by atoms with Crippen molar-refractivity contribution in [2.24, 2.45) is 11.8 Å². The van der Waals surface area contributed by atoms with E-state index in [1.807, 2.05) is 38.1 Å². The van der Waals surface area contributed by atoms with E-state index in [-0.39, 0.29) is 36.1 Å². The van der Waals surface area contributed by atoms with Crippen LogP contribution in [0.2, 0.25) is 0 Å². The van der Waals surface area contributed by atoms with Gasteiger partial charge in [0.25, 0.3) is 5.91 Å². The van der Waals surface area contributed by atoms with Crippen molar-refractivity contribution in [3.05, 3.63) is 36.0 Å². The lowest BCUT2D eigenvalue weighted by molar-refractivity contribution is -0.127. The average Bonchev–Trinajstić information content (AvgIpc) is 3.15. The maximum atomic E-state index is 13.4. The van der Waals surface area contributed by atoms with Crippen LogP contribution in [-0.4, -0.2) is 48.9 Å². The number of aryl methyl sites for hydroxylation is 1. The molecule has 0 bridgehead atoms. The third-order valence-electron chi connectivity index (χ3n) is 6.33. The fourth-order valence-electron chi connectivity index (χ4n) is 4.65. The molecule has 3 rings (SSSR count). The number of nitrogens with zero attached hydrogens (tertiary/aromatic N) is 2. The van der Waals surface area contributed by atoms with E-state index < -0.39 is 21.8 Å². The number of benzene rings is 1. The van der Waals surface area contributed by atoms with Gasteiger partial charge in [-0.1, -0.05) is 44.9 Å². The summed E-state index contributed by atoms with van der Waals surface area (Å²) < 4.78 is 25.3. The molecule has 1 fully saturated rings. The van der Waals surface area contributed by atoms with Gasteiger partial charge in [0.15, 0.2) is 0 Å². The Hall–Kier alpha value is -2.86. The number of nitriles is 1. The van der Waals surface area contributed by atoms with Gasteiger partial charge in [0.05, 0.1) is 17.7 Å². The van der Waals surface area contributed by atoms with Gasteiger partial charge < -0.3 is 15.2 Å². The number of amides is 2. The normalized spacial score (nSPS) is 19.5. The molecular formula is C25H34N4O4S. The molecule has 34 heavy (non-hydrogen) atoms. The van der Waals surface area contributed by atoms with Crippen LogP contribution >= 0.6 is 0 Å². The third-order valence-corrected chi connectivity index (χ3v) is 7.25. The van der Waals surface area contributed by atoms with Crippen molar-refractivity contribution in [3.63, 3.8) is 0 Å². The molecule has 1 aromatic heterocycles. The minimum Gasteiger partial charge on any atom is -0.347 e. The molecule has 0 spiro atoms. The number of carbonyl (C=O) groups excluding carboxylic acids is 2. The number of sulfone groups is 1. The standard InChI is InChI=1S/C25H34N4O4S/c1-17(2)14-19(16-26)27-24(30)20-9-5-6-10-21(20)28-25(31)23-15-18-8-4-7-11-22(18)29(23)12-13-34(3,32)33/h4,7-8,11,15,17,19-21H,5-6,9-10,12-14H2,1-3H3,(H,27,30)(H,28,31)/t19-,20+,21-/m0/s1. The number of aromatic nitrogens is 1. The molecule has 1 saturated carbocycles. The lowest BCUT2D eigenvalue weighted by Crippen LogP contribution is -2.50. The molecule has 9 heteroatoms. The SMILES string of the molecule is CC(C)C[C@@H](C#N)NC(=O)[C@@H]1CCCC[C@@H]1NC(=O)c1cc2ccccc2n1CCS(C)(=O)=O. The van der Waals surface area contributed by atoms with Crippen LogP contribution in [0.25, 0.3) is 10.9 Å². The molecule has 0 unspecified atom stereocenters. The van der Waals surface area contributed by atoms with Gasteiger partial charge in [-0.15, -0.1) is 0 Å². The summed E-state index contributed by atoms with van der Waals surface area (Å²) in [5.41, 5.74) is 1.17. The zero-order chi connectivity index (χ0) is 24.9. The van der Waals surface area contributed by atoms with Crippen molar-refractivity contribution < 1.29 is 18.0 Å². The van der Waals surface area contributed by atoms with Crippen LogP contribution < -0.4 is 10.6 Å². The van der Waals surface area contributed by atoms with Crippen LogP contribution in [0.3, 0.4) is 0 Å². The summed E-state index contributed by atoms with van der Waals surface area (Å²) in [6, 6.07) is 10.5. The Morgan fingerprint density at radius 1 is 1.21 bits per heavy atom. The summed E-state index contributed by atoms with van der Waals surface area (Å²) in [4.78, 5) is 26.4. The van der Waals surface area contributed by atoms with Gasteiger partial charge in [-0.05, 0) is 37.3 Å². The predicted molar refractivity (Wildman–Crippen MR) is 132 cm³/mol. The lowest BCUT2D eigenvalue weighted by atomic mass is 9.83. The monoisotopic (exact) mass is 486 g/mol. The van der Waals surface area contributed by atoms with Gasteiger partial charge in [0, 0.05) is 29.7 Å². The Labute approximate surface area is 201 Å². The van der Waals surface area contributed by atoms with E-state index >= 15 is 0 Å². The van der Waals surface area contributed by atoms with Crippen LogP contribution in [0.4, 0.5) is 0 Å². The smallest absolute Gasteiger partial charge is 0.268 e. The maximum Gasteiger partial charge on any atom is 0.268 e. The minimum atomic E-state index is -3.21. The molecule has 1 aliphatic rings. The first-order chi connectivity index (χ1) is 16.1. The second-order valence-electron chi connectivity index (χ2n) is 9.66. The van der Waals surface area contributed by atoms with Crippen LogP contribution in [0, 0.1) is 23.2 Å². The van der Waals surface area contributed by atoms with Gasteiger partial charge in [-0.3, -0.25) is 9.59 Å². The quantitative estimate of drug-likeness (QED) is 0.564. The minimum absolute atomic E-state index is 0.0776. The molecule has 1 aromatic carbocycles. The van der Waals surface area contributed by atoms with E-state index in [4.69, 9.17) is 0 Å². The molecular weight excluding hydrogens is 452 g/mol. The predicted octanol–water partition coefficient (Wildman–Crippen LogP) is 3.03. The average molecular weight is 487 g/mol. The van der Waals surface area contributed by atoms with Crippen LogP contribution in [0.1, 0.15) is 56.4 Å². The van der Waals surface area contributed by atoms with Gasteiger partial charge in [-0.2, -0.15) is 5.26 Å². The summed E-state index contributed by atoms with van der Waals surface area (Å²) in [6.45, 7) is 4.18. The molecule has 1 heterocycles. The van der Waals surface area contributed by atoms with Gasteiger partial charge >= 0.3 is 0 Å². The van der Waals surface area contributed by atoms with Crippen LogP contribution in [-0.2, 0) is 21.2 Å². The summed E-state index contributed by atoms with van der Waals surface area (Å²) >= 11 is 0. The molecule has 2 N–H and O–H groups in total. The molecule has 0 aliphatic heterocycles. The van der Waals surface area contributed by atoms with Crippen LogP contribution in [0.15, 0.2) is 30.3 Å². The van der Waals surface area contributed by atoms with Crippen molar-refractivity contribution >= 4 is 32.6 Å². The van der Waals surface area contributed by atoms with E-state index in [0.29, 0.717) is 25.0 Å². The highest BCUT2D eigenvalue weighted by molar-refractivity contribution is 7.90. The van der Waals surface area contributed by atoms with E-state index in [0.717, 1.165) is 23.7 Å². The van der Waals surface area contributed by atoms with E-state index in [1.54, 1.807) is 10.6 Å². The highest BCUT2D eigenvalue weighted by Gasteiger charge is 2.34. The fourth-order valence-corrected chi connectivity index (χ4v) is 5.16. The van der Waals surface area contributed by atoms with Crippen molar-refractivity contribution in [1.29, 1.82) is 5.26 Å². The van der Waals surface area contributed by atoms with Crippen molar-refractivity contribution in [3.8, 4) is 6.07 Å². The number of nitrogens with one attached hydrogen (secondary N) is 2. The van der Waals surface area contributed by atoms with E-state index in [1.165, 1.54) is 6.26 Å². The Morgan fingerprint density at radius 2 is 1.91 bits per heavy atom. The second kappa shape index (κ2) is 11.0. The van der Waals surface area contributed by atoms with E-state index in [2.05, 4.69) is 16.7 Å². The maximum absolute atomic E-state index is 13.4. The molecule has 8 nitrogen and oxygen atoms in total. The third kappa shape index (κ3) is 6.60. The zero-order valence-corrected chi connectivity index (χ0v) is 20.9. The number of hydrogen-bond acceptors (Lipinski definition) is 5. The summed E-state index contributed by atoms with van der Waals surface area (Å²) in [6.07, 6.45) is 4.87. The summed E-state index contributed by atoms with van der Waals surface area (Å²) in [7, 11) is -3.21. The molecule has 2 aromatic rings. The molecule has 3 atom stereocenters. The summed E-state index contributed by atoms with van der Waals surface area (Å²) in [5, 5.41) is 16.2. The van der Waals surface area contributed by atoms with Gasteiger partial charge in [-0.25, -0.2) is 8.42 Å². The van der Waals surface area contributed by atoms with Crippen molar-refractivity contribution in [2.75, 3.05) is 12.0 Å². The highest BCUT2D eigenvalue weighted by Crippen LogP contribution is 2.26. The van der Waals surface area contributed by atoms with Gasteiger partial charge in [0.1, 0.15) is 21.6 Å². The number of carbonyl (C=O) groups is 2. The molecule has 1 aliphatic carbocycles. The number of fused-ring (bicyclic) bond motifs is 1. The van der Waals surface area contributed by atoms with E-state index in [9.17, 15) is 23.3 Å². The van der Waals surface area contributed by atoms with Crippen LogP contribution in [0.5, 0.6) is 0 Å². The number of hydrogen-bond donors (Lipinski definition) is 2. The molecule has 0 saturated heterocycles. The second-order valence-corrected chi connectivity index (χ2v) is 11.9. The molecule has 0 radical (unpaired) electrons. The fraction of sp³-hybridized carbons (Fsp3) is 0.560. The molecule has 2 amide bonds. The van der Waals surface area contributed by atoms with Crippen molar-refractivity contribution in [2.45, 2.75) is 64.6 Å². The van der Waals surface area contributed by atoms with Crippen molar-refractivity contribution in [1.82, 2.24) is 15.2 Å². The van der Waals surface area contributed by atoms with Gasteiger partial charge in [0.2, 0.25) is 5.91 Å². The Balaban J connectivity index is 1.80. The highest BCUT2D eigenvalue weighted by atomic mass is 32.2. The topological polar surface area (TPSA) is 121 Å². The Morgan fingerprint density at radius 3 is 2.59 bits per heavy atom. The molecule has 184 valence electrons. The zero-order valence-electron chi connectivity index (χ0n) is 20.1. The Bertz CT molecular complexity index is 1180. The summed E-state index contributed by atoms with van der Waals surface area (Å²) in [5.74, 6) is -0.732. The largest absolute Gasteiger partial charge is 0.347 e. The number of para-hydroxylation sites is 1.